The molecule has 3 heterocycles. The minimum atomic E-state index is -0.0524. The average Bonchev–Trinajstić information content (AvgIpc) is 3.20. The summed E-state index contributed by atoms with van der Waals surface area (Å²) in [6.07, 6.45) is 4.33. The molecule has 7 nitrogen and oxygen atoms in total. The molecular formula is C17H23N7. The lowest BCUT2D eigenvalue weighted by molar-refractivity contribution is 0.541. The zero-order chi connectivity index (χ0) is 16.9. The van der Waals surface area contributed by atoms with Gasteiger partial charge in [-0.1, -0.05) is 20.8 Å². The lowest BCUT2D eigenvalue weighted by Crippen LogP contribution is -2.18. The van der Waals surface area contributed by atoms with Crippen LogP contribution in [0.3, 0.4) is 0 Å². The quantitative estimate of drug-likeness (QED) is 0.894. The molecule has 24 heavy (non-hydrogen) atoms. The summed E-state index contributed by atoms with van der Waals surface area (Å²) in [6.45, 7) is 7.85. The molecule has 0 spiro atoms. The number of aromatic nitrogens is 4. The van der Waals surface area contributed by atoms with E-state index in [9.17, 15) is 0 Å². The van der Waals surface area contributed by atoms with Crippen LogP contribution in [0.2, 0.25) is 0 Å². The van der Waals surface area contributed by atoms with Crippen LogP contribution in [0.5, 0.6) is 0 Å². The Morgan fingerprint density at radius 2 is 1.96 bits per heavy atom. The van der Waals surface area contributed by atoms with E-state index in [-0.39, 0.29) is 5.41 Å². The highest BCUT2D eigenvalue weighted by Gasteiger charge is 2.27. The van der Waals surface area contributed by atoms with Gasteiger partial charge in [-0.3, -0.25) is 0 Å². The Balaban J connectivity index is 1.59. The van der Waals surface area contributed by atoms with Crippen molar-refractivity contribution >= 4 is 17.6 Å². The predicted octanol–water partition coefficient (Wildman–Crippen LogP) is 2.24. The number of anilines is 3. The minimum Gasteiger partial charge on any atom is -0.368 e. The zero-order valence-electron chi connectivity index (χ0n) is 14.4. The molecule has 0 aromatic carbocycles. The Labute approximate surface area is 141 Å². The molecule has 1 aliphatic carbocycles. The van der Waals surface area contributed by atoms with Gasteiger partial charge >= 0.3 is 0 Å². The van der Waals surface area contributed by atoms with Crippen molar-refractivity contribution in [3.05, 3.63) is 29.3 Å². The Kier molecular flexibility index (Phi) is 3.33. The fraction of sp³-hybridized carbons (Fsp3) is 0.529. The van der Waals surface area contributed by atoms with E-state index in [0.717, 1.165) is 41.8 Å². The summed E-state index contributed by atoms with van der Waals surface area (Å²) in [5, 5.41) is 3.38. The van der Waals surface area contributed by atoms with Crippen LogP contribution in [0.25, 0.3) is 0 Å². The topological polar surface area (TPSA) is 92.9 Å². The smallest absolute Gasteiger partial charge is 0.223 e. The van der Waals surface area contributed by atoms with E-state index in [4.69, 9.17) is 10.7 Å². The van der Waals surface area contributed by atoms with Crippen LogP contribution in [0, 0.1) is 0 Å². The summed E-state index contributed by atoms with van der Waals surface area (Å²) in [6, 6.07) is 2.50. The van der Waals surface area contributed by atoms with Crippen LogP contribution in [0.4, 0.5) is 17.6 Å². The van der Waals surface area contributed by atoms with Gasteiger partial charge in [-0.25, -0.2) is 9.97 Å². The molecule has 0 amide bonds. The third-order valence-corrected chi connectivity index (χ3v) is 4.31. The fourth-order valence-electron chi connectivity index (χ4n) is 2.80. The van der Waals surface area contributed by atoms with Crippen LogP contribution in [0.1, 0.15) is 50.7 Å². The number of rotatable bonds is 3. The molecule has 1 saturated carbocycles. The number of nitrogens with zero attached hydrogens (tertiary/aromatic N) is 5. The van der Waals surface area contributed by atoms with Crippen molar-refractivity contribution in [1.82, 2.24) is 19.9 Å². The monoisotopic (exact) mass is 325 g/mol. The Bertz CT molecular complexity index is 777. The molecule has 7 heteroatoms. The summed E-state index contributed by atoms with van der Waals surface area (Å²) in [7, 11) is 0. The van der Waals surface area contributed by atoms with E-state index in [0.29, 0.717) is 12.0 Å². The number of nitrogens with one attached hydrogen (secondary N) is 1. The highest BCUT2D eigenvalue weighted by molar-refractivity contribution is 5.55. The first-order valence-electron chi connectivity index (χ1n) is 8.40. The third-order valence-electron chi connectivity index (χ3n) is 4.31. The largest absolute Gasteiger partial charge is 0.368 e. The van der Waals surface area contributed by atoms with Crippen LogP contribution < -0.4 is 16.0 Å². The van der Waals surface area contributed by atoms with Crippen molar-refractivity contribution in [3.63, 3.8) is 0 Å². The minimum absolute atomic E-state index is 0.0524. The van der Waals surface area contributed by atoms with Gasteiger partial charge in [0.2, 0.25) is 5.95 Å². The first kappa shape index (κ1) is 15.1. The van der Waals surface area contributed by atoms with Crippen molar-refractivity contribution in [3.8, 4) is 0 Å². The lowest BCUT2D eigenvalue weighted by Gasteiger charge is -2.17. The van der Waals surface area contributed by atoms with Crippen molar-refractivity contribution in [2.24, 2.45) is 0 Å². The predicted molar refractivity (Wildman–Crippen MR) is 93.7 cm³/mol. The second-order valence-corrected chi connectivity index (χ2v) is 7.66. The van der Waals surface area contributed by atoms with Gasteiger partial charge in [-0.15, -0.1) is 0 Å². The number of hydrogen-bond donors (Lipinski definition) is 2. The van der Waals surface area contributed by atoms with Gasteiger partial charge in [0, 0.05) is 35.8 Å². The maximum Gasteiger partial charge on any atom is 0.223 e. The van der Waals surface area contributed by atoms with Gasteiger partial charge < -0.3 is 16.0 Å². The Morgan fingerprint density at radius 1 is 1.17 bits per heavy atom. The van der Waals surface area contributed by atoms with E-state index in [2.05, 4.69) is 45.9 Å². The van der Waals surface area contributed by atoms with Crippen molar-refractivity contribution in [1.29, 1.82) is 0 Å². The van der Waals surface area contributed by atoms with Crippen LogP contribution in [0.15, 0.2) is 12.3 Å². The number of hydrogen-bond acceptors (Lipinski definition) is 7. The number of nitrogen functional groups attached to an aromatic ring is 1. The molecule has 2 aromatic heterocycles. The molecule has 0 radical (unpaired) electrons. The zero-order valence-corrected chi connectivity index (χ0v) is 14.4. The average molecular weight is 325 g/mol. The molecule has 0 saturated heterocycles. The molecule has 0 bridgehead atoms. The van der Waals surface area contributed by atoms with Gasteiger partial charge in [-0.05, 0) is 12.8 Å². The molecule has 1 aliphatic heterocycles. The first-order chi connectivity index (χ1) is 11.4. The standard InChI is InChI=1S/C17H23N7/c1-17(2,3)15-19-7-10-8-24(9-12(10)21-15)14-6-13(20-11-4-5-11)22-16(18)23-14/h6-7,11H,4-5,8-9H2,1-3H3,(H3,18,20,22,23). The molecule has 0 unspecified atom stereocenters. The van der Waals surface area contributed by atoms with Gasteiger partial charge in [0.1, 0.15) is 17.5 Å². The molecular weight excluding hydrogens is 302 g/mol. The summed E-state index contributed by atoms with van der Waals surface area (Å²) in [5.41, 5.74) is 8.06. The summed E-state index contributed by atoms with van der Waals surface area (Å²) >= 11 is 0. The third kappa shape index (κ3) is 2.98. The van der Waals surface area contributed by atoms with E-state index >= 15 is 0 Å². The van der Waals surface area contributed by atoms with Crippen LogP contribution in [-0.2, 0) is 18.5 Å². The fourth-order valence-corrected chi connectivity index (χ4v) is 2.80. The normalized spacial score (nSPS) is 17.0. The summed E-state index contributed by atoms with van der Waals surface area (Å²) < 4.78 is 0. The maximum absolute atomic E-state index is 5.89. The van der Waals surface area contributed by atoms with E-state index < -0.39 is 0 Å². The number of fused-ring (bicyclic) bond motifs is 1. The van der Waals surface area contributed by atoms with Crippen molar-refractivity contribution in [2.75, 3.05) is 16.0 Å². The molecule has 4 rings (SSSR count). The molecule has 3 N–H and O–H groups in total. The van der Waals surface area contributed by atoms with Crippen LogP contribution in [-0.4, -0.2) is 26.0 Å². The van der Waals surface area contributed by atoms with Gasteiger partial charge in [0.05, 0.1) is 12.2 Å². The van der Waals surface area contributed by atoms with Gasteiger partial charge in [0.15, 0.2) is 0 Å². The van der Waals surface area contributed by atoms with Crippen molar-refractivity contribution in [2.45, 2.75) is 58.2 Å². The lowest BCUT2D eigenvalue weighted by atomic mass is 9.95. The van der Waals surface area contributed by atoms with Crippen molar-refractivity contribution < 1.29 is 0 Å². The summed E-state index contributed by atoms with van der Waals surface area (Å²) in [5.74, 6) is 2.81. The van der Waals surface area contributed by atoms with Crippen LogP contribution >= 0.6 is 0 Å². The Hall–Kier alpha value is -2.44. The van der Waals surface area contributed by atoms with E-state index in [1.165, 1.54) is 12.8 Å². The molecule has 126 valence electrons. The van der Waals surface area contributed by atoms with E-state index in [1.807, 2.05) is 12.3 Å². The Morgan fingerprint density at radius 3 is 2.67 bits per heavy atom. The number of nitrogens with two attached hydrogens (primary N) is 1. The summed E-state index contributed by atoms with van der Waals surface area (Å²) in [4.78, 5) is 20.1. The second-order valence-electron chi connectivity index (χ2n) is 7.66. The maximum atomic E-state index is 5.89. The van der Waals surface area contributed by atoms with Gasteiger partial charge in [0.25, 0.3) is 0 Å². The second kappa shape index (κ2) is 5.29. The molecule has 2 aliphatic rings. The van der Waals surface area contributed by atoms with E-state index in [1.54, 1.807) is 0 Å². The highest BCUT2D eigenvalue weighted by atomic mass is 15.2. The molecule has 0 atom stereocenters. The highest BCUT2D eigenvalue weighted by Crippen LogP contribution is 2.30. The first-order valence-corrected chi connectivity index (χ1v) is 8.40. The molecule has 2 aromatic rings. The van der Waals surface area contributed by atoms with Gasteiger partial charge in [-0.2, -0.15) is 9.97 Å². The SMILES string of the molecule is CC(C)(C)c1ncc2c(n1)CN(c1cc(NC3CC3)nc(N)n1)C2. The molecule has 1 fully saturated rings.